The molecule has 0 saturated carbocycles. The summed E-state index contributed by atoms with van der Waals surface area (Å²) in [4.78, 5) is 23.6. The zero-order valence-electron chi connectivity index (χ0n) is 14.7. The van der Waals surface area contributed by atoms with Crippen LogP contribution in [0, 0.1) is 0 Å². The second-order valence-electron chi connectivity index (χ2n) is 6.79. The predicted octanol–water partition coefficient (Wildman–Crippen LogP) is 2.81. The Balaban J connectivity index is 1.65. The Morgan fingerprint density at radius 1 is 1.41 bits per heavy atom. The Morgan fingerprint density at radius 2 is 2.26 bits per heavy atom. The van der Waals surface area contributed by atoms with Crippen LogP contribution in [0.4, 0.5) is 11.6 Å². The van der Waals surface area contributed by atoms with E-state index >= 15 is 0 Å². The molecule has 1 fully saturated rings. The molecule has 27 heavy (non-hydrogen) atoms. The van der Waals surface area contributed by atoms with Crippen LogP contribution in [-0.4, -0.2) is 34.9 Å². The molecule has 1 atom stereocenters. The highest BCUT2D eigenvalue weighted by molar-refractivity contribution is 6.31. The lowest BCUT2D eigenvalue weighted by Gasteiger charge is -2.33. The van der Waals surface area contributed by atoms with Crippen molar-refractivity contribution in [2.24, 2.45) is 5.73 Å². The quantitative estimate of drug-likeness (QED) is 0.664. The summed E-state index contributed by atoms with van der Waals surface area (Å²) in [6.07, 6.45) is 7.12. The van der Waals surface area contributed by atoms with Gasteiger partial charge in [-0.15, -0.1) is 0 Å². The van der Waals surface area contributed by atoms with Crippen LogP contribution in [0.3, 0.4) is 0 Å². The van der Waals surface area contributed by atoms with Gasteiger partial charge in [-0.05, 0) is 18.9 Å². The number of Topliss-reactive ketones (excluding diaryl/α,β-unsaturated/α-hetero) is 1. The Labute approximate surface area is 161 Å². The summed E-state index contributed by atoms with van der Waals surface area (Å²) in [6.45, 7) is 1.68. The first-order valence-electron chi connectivity index (χ1n) is 8.83. The zero-order valence-corrected chi connectivity index (χ0v) is 15.4. The van der Waals surface area contributed by atoms with Gasteiger partial charge < -0.3 is 20.8 Å². The van der Waals surface area contributed by atoms with Crippen LogP contribution in [0.2, 0.25) is 5.02 Å². The highest BCUT2D eigenvalue weighted by Crippen LogP contribution is 2.30. The van der Waals surface area contributed by atoms with Gasteiger partial charge in [0.05, 0.1) is 5.02 Å². The molecule has 4 N–H and O–H groups in total. The second kappa shape index (κ2) is 7.17. The van der Waals surface area contributed by atoms with E-state index < -0.39 is 0 Å². The lowest BCUT2D eigenvalue weighted by molar-refractivity contribution is 0.0994. The number of carbonyl (C=O) groups excluding carboxylic acids is 1. The summed E-state index contributed by atoms with van der Waals surface area (Å²) in [7, 11) is 0. The SMILES string of the molecule is Nc1oc2cc(Cl)cnc2c1C(=O)Cc1cnccc1N1CCC[C@H](N)C1. The van der Waals surface area contributed by atoms with Gasteiger partial charge >= 0.3 is 0 Å². The highest BCUT2D eigenvalue weighted by atomic mass is 35.5. The number of rotatable bonds is 4. The van der Waals surface area contributed by atoms with Gasteiger partial charge in [-0.3, -0.25) is 14.8 Å². The molecule has 0 bridgehead atoms. The fourth-order valence-electron chi connectivity index (χ4n) is 3.60. The lowest BCUT2D eigenvalue weighted by atomic mass is 10.0. The van der Waals surface area contributed by atoms with E-state index in [9.17, 15) is 4.79 Å². The Kier molecular flexibility index (Phi) is 4.72. The normalized spacial score (nSPS) is 17.4. The van der Waals surface area contributed by atoms with Crippen LogP contribution in [-0.2, 0) is 6.42 Å². The minimum Gasteiger partial charge on any atom is -0.438 e. The second-order valence-corrected chi connectivity index (χ2v) is 7.23. The number of carbonyl (C=O) groups is 1. The zero-order chi connectivity index (χ0) is 19.0. The maximum absolute atomic E-state index is 13.0. The molecule has 0 unspecified atom stereocenters. The van der Waals surface area contributed by atoms with Gasteiger partial charge in [-0.2, -0.15) is 0 Å². The van der Waals surface area contributed by atoms with E-state index in [0.717, 1.165) is 37.2 Å². The van der Waals surface area contributed by atoms with Gasteiger partial charge in [-0.25, -0.2) is 0 Å². The molecule has 0 radical (unpaired) electrons. The van der Waals surface area contributed by atoms with Crippen LogP contribution >= 0.6 is 11.6 Å². The van der Waals surface area contributed by atoms with Crippen LogP contribution in [0.5, 0.6) is 0 Å². The number of nitrogen functional groups attached to an aromatic ring is 1. The molecule has 4 rings (SSSR count). The molecule has 4 heterocycles. The molecule has 0 aromatic carbocycles. The molecule has 140 valence electrons. The molecular formula is C19H20ClN5O2. The molecule has 8 heteroatoms. The van der Waals surface area contributed by atoms with Crippen LogP contribution < -0.4 is 16.4 Å². The lowest BCUT2D eigenvalue weighted by Crippen LogP contribution is -2.43. The van der Waals surface area contributed by atoms with E-state index in [-0.39, 0.29) is 29.7 Å². The summed E-state index contributed by atoms with van der Waals surface area (Å²) in [6, 6.07) is 3.66. The fourth-order valence-corrected chi connectivity index (χ4v) is 3.74. The number of nitrogens with two attached hydrogens (primary N) is 2. The van der Waals surface area contributed by atoms with Crippen molar-refractivity contribution in [1.29, 1.82) is 0 Å². The van der Waals surface area contributed by atoms with Gasteiger partial charge in [0.15, 0.2) is 11.4 Å². The smallest absolute Gasteiger partial charge is 0.204 e. The highest BCUT2D eigenvalue weighted by Gasteiger charge is 2.24. The molecule has 1 aliphatic rings. The van der Waals surface area contributed by atoms with Gasteiger partial charge in [0.1, 0.15) is 11.1 Å². The van der Waals surface area contributed by atoms with E-state index in [2.05, 4.69) is 14.9 Å². The summed E-state index contributed by atoms with van der Waals surface area (Å²) >= 11 is 5.94. The third-order valence-corrected chi connectivity index (χ3v) is 5.04. The van der Waals surface area contributed by atoms with E-state index in [1.165, 1.54) is 6.20 Å². The summed E-state index contributed by atoms with van der Waals surface area (Å²) in [5, 5.41) is 0.422. The fraction of sp³-hybridized carbons (Fsp3) is 0.316. The number of fused-ring (bicyclic) bond motifs is 1. The Bertz CT molecular complexity index is 1000. The van der Waals surface area contributed by atoms with Crippen molar-refractivity contribution in [2.45, 2.75) is 25.3 Å². The van der Waals surface area contributed by atoms with Crippen molar-refractivity contribution in [1.82, 2.24) is 9.97 Å². The molecule has 0 spiro atoms. The van der Waals surface area contributed by atoms with E-state index in [4.69, 9.17) is 27.5 Å². The standard InChI is InChI=1S/C19H20ClN5O2/c20-12-7-16-18(24-9-12)17(19(22)27-16)15(26)6-11-8-23-4-3-14(11)25-5-1-2-13(21)10-25/h3-4,7-9,13H,1-2,5-6,10,21-22H2/t13-/m0/s1. The topological polar surface area (TPSA) is 111 Å². The van der Waals surface area contributed by atoms with Gasteiger partial charge in [0.2, 0.25) is 5.88 Å². The minimum absolute atomic E-state index is 0.0511. The van der Waals surface area contributed by atoms with Crippen LogP contribution in [0.15, 0.2) is 35.1 Å². The molecule has 1 aliphatic heterocycles. The number of nitrogens with zero attached hydrogens (tertiary/aromatic N) is 3. The number of hydrogen-bond donors (Lipinski definition) is 2. The van der Waals surface area contributed by atoms with Crippen LogP contribution in [0.25, 0.3) is 11.1 Å². The van der Waals surface area contributed by atoms with Crippen LogP contribution in [0.1, 0.15) is 28.8 Å². The molecule has 1 saturated heterocycles. The van der Waals surface area contributed by atoms with E-state index in [1.807, 2.05) is 6.07 Å². The largest absolute Gasteiger partial charge is 0.438 e. The number of ketones is 1. The van der Waals surface area contributed by atoms with Gasteiger partial charge in [0.25, 0.3) is 0 Å². The maximum atomic E-state index is 13.0. The average molecular weight is 386 g/mol. The van der Waals surface area contributed by atoms with Crippen molar-refractivity contribution in [3.63, 3.8) is 0 Å². The summed E-state index contributed by atoms with van der Waals surface area (Å²) < 4.78 is 5.47. The Hall–Kier alpha value is -2.64. The first-order chi connectivity index (χ1) is 13.0. The molecule has 0 aliphatic carbocycles. The van der Waals surface area contributed by atoms with Gasteiger partial charge in [0, 0.05) is 61.5 Å². The minimum atomic E-state index is -0.170. The summed E-state index contributed by atoms with van der Waals surface area (Å²) in [5.41, 5.74) is 15.0. The number of halogens is 1. The number of furan rings is 1. The maximum Gasteiger partial charge on any atom is 0.204 e. The van der Waals surface area contributed by atoms with E-state index in [1.54, 1.807) is 18.5 Å². The number of aromatic nitrogens is 2. The molecule has 0 amide bonds. The predicted molar refractivity (Wildman–Crippen MR) is 105 cm³/mol. The number of pyridine rings is 2. The molecule has 7 nitrogen and oxygen atoms in total. The monoisotopic (exact) mass is 385 g/mol. The van der Waals surface area contributed by atoms with Crippen molar-refractivity contribution in [2.75, 3.05) is 23.7 Å². The summed E-state index contributed by atoms with van der Waals surface area (Å²) in [5.74, 6) is -0.119. The van der Waals surface area contributed by atoms with E-state index in [0.29, 0.717) is 16.1 Å². The van der Waals surface area contributed by atoms with Crippen molar-refractivity contribution >= 4 is 40.1 Å². The number of hydrogen-bond acceptors (Lipinski definition) is 7. The third kappa shape index (κ3) is 3.48. The van der Waals surface area contributed by atoms with Crippen molar-refractivity contribution in [3.8, 4) is 0 Å². The molecular weight excluding hydrogens is 366 g/mol. The van der Waals surface area contributed by atoms with Gasteiger partial charge in [-0.1, -0.05) is 11.6 Å². The first kappa shape index (κ1) is 17.8. The Morgan fingerprint density at radius 3 is 3.07 bits per heavy atom. The number of anilines is 2. The van der Waals surface area contributed by atoms with Crippen molar-refractivity contribution < 1.29 is 9.21 Å². The third-order valence-electron chi connectivity index (χ3n) is 4.83. The molecule has 3 aromatic heterocycles. The number of piperidine rings is 1. The average Bonchev–Trinajstić information content (AvgIpc) is 2.97. The van der Waals surface area contributed by atoms with Crippen molar-refractivity contribution in [3.05, 3.63) is 46.9 Å². The first-order valence-corrected chi connectivity index (χ1v) is 9.21. The molecule has 3 aromatic rings.